The van der Waals surface area contributed by atoms with Crippen LogP contribution in [0.15, 0.2) is 12.1 Å². The summed E-state index contributed by atoms with van der Waals surface area (Å²) < 4.78 is 35.1. The van der Waals surface area contributed by atoms with Crippen LogP contribution < -0.4 is 0 Å². The van der Waals surface area contributed by atoms with E-state index < -0.39 is 11.6 Å². The maximum absolute atomic E-state index is 14.2. The van der Waals surface area contributed by atoms with Gasteiger partial charge in [-0.05, 0) is 38.3 Å². The van der Waals surface area contributed by atoms with Crippen LogP contribution in [0.4, 0.5) is 8.78 Å². The molecule has 2 atom stereocenters. The largest absolute Gasteiger partial charge is 0.376 e. The number of halogens is 3. The van der Waals surface area contributed by atoms with Gasteiger partial charge in [0.2, 0.25) is 0 Å². The van der Waals surface area contributed by atoms with Crippen molar-refractivity contribution in [3.8, 4) is 0 Å². The van der Waals surface area contributed by atoms with E-state index in [0.29, 0.717) is 24.5 Å². The van der Waals surface area contributed by atoms with Crippen molar-refractivity contribution in [2.75, 3.05) is 6.61 Å². The fraction of sp³-hybridized carbons (Fsp3) is 0.533. The fourth-order valence-corrected chi connectivity index (χ4v) is 2.99. The van der Waals surface area contributed by atoms with Crippen molar-refractivity contribution < 1.29 is 13.5 Å². The van der Waals surface area contributed by atoms with Crippen molar-refractivity contribution in [1.82, 2.24) is 9.55 Å². The number of fused-ring (bicyclic) bond motifs is 1. The summed E-state index contributed by atoms with van der Waals surface area (Å²) in [6.45, 7) is 2.93. The van der Waals surface area contributed by atoms with Crippen molar-refractivity contribution in [3.05, 3.63) is 29.6 Å². The van der Waals surface area contributed by atoms with Gasteiger partial charge in [0.15, 0.2) is 11.6 Å². The highest BCUT2D eigenvalue weighted by atomic mass is 35.5. The van der Waals surface area contributed by atoms with Crippen LogP contribution >= 0.6 is 11.6 Å². The van der Waals surface area contributed by atoms with Gasteiger partial charge in [0.05, 0.1) is 23.5 Å². The van der Waals surface area contributed by atoms with Gasteiger partial charge in [0.25, 0.3) is 0 Å². The number of rotatable bonds is 3. The first-order valence-electron chi connectivity index (χ1n) is 7.17. The molecule has 3 rings (SSSR count). The normalized spacial score (nSPS) is 20.9. The molecule has 1 aromatic heterocycles. The molecule has 2 heterocycles. The molecule has 0 amide bonds. The second-order valence-electron chi connectivity index (χ2n) is 5.41. The Bertz CT molecular complexity index is 651. The molecule has 1 saturated heterocycles. The monoisotopic (exact) mass is 314 g/mol. The predicted molar refractivity (Wildman–Crippen MR) is 77.5 cm³/mol. The van der Waals surface area contributed by atoms with Crippen molar-refractivity contribution in [2.24, 2.45) is 0 Å². The van der Waals surface area contributed by atoms with Gasteiger partial charge in [-0.15, -0.1) is 11.6 Å². The summed E-state index contributed by atoms with van der Waals surface area (Å²) in [5.41, 5.74) is 0.596. The van der Waals surface area contributed by atoms with E-state index in [9.17, 15) is 8.78 Å². The molecule has 0 saturated carbocycles. The number of hydrogen-bond donors (Lipinski definition) is 0. The Kier molecular flexibility index (Phi) is 4.13. The van der Waals surface area contributed by atoms with Gasteiger partial charge in [0, 0.05) is 6.61 Å². The molecule has 2 unspecified atom stereocenters. The average molecular weight is 315 g/mol. The zero-order valence-electron chi connectivity index (χ0n) is 11.8. The third-order valence-electron chi connectivity index (χ3n) is 3.85. The second kappa shape index (κ2) is 5.89. The molecule has 1 fully saturated rings. The third kappa shape index (κ3) is 2.77. The van der Waals surface area contributed by atoms with Gasteiger partial charge < -0.3 is 9.30 Å². The van der Waals surface area contributed by atoms with Gasteiger partial charge in [-0.1, -0.05) is 0 Å². The Morgan fingerprint density at radius 1 is 1.43 bits per heavy atom. The van der Waals surface area contributed by atoms with Gasteiger partial charge in [-0.25, -0.2) is 13.8 Å². The van der Waals surface area contributed by atoms with Crippen LogP contribution in [0.2, 0.25) is 0 Å². The summed E-state index contributed by atoms with van der Waals surface area (Å²) in [6.07, 6.45) is 3.03. The molecule has 0 spiro atoms. The van der Waals surface area contributed by atoms with Crippen molar-refractivity contribution in [1.29, 1.82) is 0 Å². The van der Waals surface area contributed by atoms with Crippen LogP contribution in [0.1, 0.15) is 37.4 Å². The molecule has 0 aliphatic carbocycles. The zero-order chi connectivity index (χ0) is 15.0. The SMILES string of the molecule is CC(Cl)c1nc2ccc(F)c(F)c2n1CC1CCCCO1. The highest BCUT2D eigenvalue weighted by Crippen LogP contribution is 2.29. The number of alkyl halides is 1. The minimum Gasteiger partial charge on any atom is -0.376 e. The zero-order valence-corrected chi connectivity index (χ0v) is 12.5. The highest BCUT2D eigenvalue weighted by molar-refractivity contribution is 6.20. The highest BCUT2D eigenvalue weighted by Gasteiger charge is 2.23. The summed E-state index contributed by atoms with van der Waals surface area (Å²) in [5.74, 6) is -1.20. The second-order valence-corrected chi connectivity index (χ2v) is 6.07. The number of benzene rings is 1. The van der Waals surface area contributed by atoms with Crippen LogP contribution in [0.25, 0.3) is 11.0 Å². The van der Waals surface area contributed by atoms with Gasteiger partial charge >= 0.3 is 0 Å². The molecule has 6 heteroatoms. The number of imidazole rings is 1. The van der Waals surface area contributed by atoms with E-state index in [2.05, 4.69) is 4.98 Å². The molecule has 0 N–H and O–H groups in total. The summed E-state index contributed by atoms with van der Waals surface area (Å²) in [7, 11) is 0. The lowest BCUT2D eigenvalue weighted by molar-refractivity contribution is 0.00611. The number of nitrogens with zero attached hydrogens (tertiary/aromatic N) is 2. The minimum atomic E-state index is -0.876. The maximum atomic E-state index is 14.2. The maximum Gasteiger partial charge on any atom is 0.184 e. The van der Waals surface area contributed by atoms with Crippen molar-refractivity contribution >= 4 is 22.6 Å². The number of hydrogen-bond acceptors (Lipinski definition) is 2. The molecule has 114 valence electrons. The molecular weight excluding hydrogens is 298 g/mol. The third-order valence-corrected chi connectivity index (χ3v) is 4.04. The van der Waals surface area contributed by atoms with E-state index in [4.69, 9.17) is 16.3 Å². The number of ether oxygens (including phenoxy) is 1. The smallest absolute Gasteiger partial charge is 0.184 e. The minimum absolute atomic E-state index is 0.00650. The Labute approximate surface area is 126 Å². The molecule has 1 aromatic carbocycles. The molecular formula is C15H17ClF2N2O. The van der Waals surface area contributed by atoms with E-state index in [-0.39, 0.29) is 17.0 Å². The average Bonchev–Trinajstić information content (AvgIpc) is 2.84. The predicted octanol–water partition coefficient (Wildman–Crippen LogP) is 4.18. The first-order valence-corrected chi connectivity index (χ1v) is 7.61. The molecule has 1 aliphatic heterocycles. The lowest BCUT2D eigenvalue weighted by Crippen LogP contribution is -2.25. The molecule has 1 aliphatic rings. The van der Waals surface area contributed by atoms with E-state index in [1.54, 1.807) is 11.5 Å². The lowest BCUT2D eigenvalue weighted by atomic mass is 10.1. The summed E-state index contributed by atoms with van der Waals surface area (Å²) in [5, 5.41) is -0.386. The Hall–Kier alpha value is -1.20. The van der Waals surface area contributed by atoms with Crippen molar-refractivity contribution in [2.45, 2.75) is 44.2 Å². The first kappa shape index (κ1) is 14.7. The Morgan fingerprint density at radius 2 is 2.24 bits per heavy atom. The molecule has 3 nitrogen and oxygen atoms in total. The molecule has 2 aromatic rings. The van der Waals surface area contributed by atoms with E-state index in [0.717, 1.165) is 25.3 Å². The van der Waals surface area contributed by atoms with E-state index in [1.807, 2.05) is 0 Å². The van der Waals surface area contributed by atoms with Crippen molar-refractivity contribution in [3.63, 3.8) is 0 Å². The van der Waals surface area contributed by atoms with Gasteiger partial charge in [-0.2, -0.15) is 0 Å². The fourth-order valence-electron chi connectivity index (χ4n) is 2.82. The van der Waals surface area contributed by atoms with Crippen LogP contribution in [0.5, 0.6) is 0 Å². The van der Waals surface area contributed by atoms with Crippen LogP contribution in [0.3, 0.4) is 0 Å². The van der Waals surface area contributed by atoms with Gasteiger partial charge in [0.1, 0.15) is 11.3 Å². The van der Waals surface area contributed by atoms with E-state index in [1.165, 1.54) is 6.07 Å². The molecule has 0 radical (unpaired) electrons. The standard InChI is InChI=1S/C15H17ClF2N2O/c1-9(16)15-19-12-6-5-11(17)13(18)14(12)20(15)8-10-4-2-3-7-21-10/h5-6,9-10H,2-4,7-8H2,1H3. The number of aromatic nitrogens is 2. The summed E-state index contributed by atoms with van der Waals surface area (Å²) in [4.78, 5) is 4.35. The van der Waals surface area contributed by atoms with E-state index >= 15 is 0 Å². The topological polar surface area (TPSA) is 27.1 Å². The van der Waals surface area contributed by atoms with Gasteiger partial charge in [-0.3, -0.25) is 0 Å². The quantitative estimate of drug-likeness (QED) is 0.795. The van der Waals surface area contributed by atoms with Crippen LogP contribution in [-0.4, -0.2) is 22.3 Å². The lowest BCUT2D eigenvalue weighted by Gasteiger charge is -2.24. The Morgan fingerprint density at radius 3 is 2.90 bits per heavy atom. The Balaban J connectivity index is 2.08. The molecule has 21 heavy (non-hydrogen) atoms. The van der Waals surface area contributed by atoms with Crippen LogP contribution in [-0.2, 0) is 11.3 Å². The molecule has 0 bridgehead atoms. The first-order chi connectivity index (χ1) is 10.1. The summed E-state index contributed by atoms with van der Waals surface area (Å²) in [6, 6.07) is 2.57. The van der Waals surface area contributed by atoms with Crippen LogP contribution in [0, 0.1) is 11.6 Å². The summed E-state index contributed by atoms with van der Waals surface area (Å²) >= 11 is 6.15.